The predicted octanol–water partition coefficient (Wildman–Crippen LogP) is 1.35. The van der Waals surface area contributed by atoms with E-state index in [0.29, 0.717) is 19.1 Å². The molecule has 0 bridgehead atoms. The average molecular weight is 364 g/mol. The summed E-state index contributed by atoms with van der Waals surface area (Å²) in [6.45, 7) is 5.50. The number of hydrogen-bond acceptors (Lipinski definition) is 4. The number of morpholine rings is 1. The molecular formula is C20H33N3O3. The number of piperidine rings is 1. The van der Waals surface area contributed by atoms with Crippen LogP contribution in [0, 0.1) is 11.3 Å². The summed E-state index contributed by atoms with van der Waals surface area (Å²) in [6.07, 6.45) is 7.63. The summed E-state index contributed by atoms with van der Waals surface area (Å²) in [5.41, 5.74) is 0.216. The topological polar surface area (TPSA) is 53.1 Å². The molecule has 3 saturated heterocycles. The molecule has 0 aromatic rings. The van der Waals surface area contributed by atoms with E-state index in [4.69, 9.17) is 4.74 Å². The van der Waals surface area contributed by atoms with Gasteiger partial charge in [0, 0.05) is 38.6 Å². The number of likely N-dealkylation sites (N-methyl/N-ethyl adjacent to an activating group) is 1. The molecule has 4 fully saturated rings. The van der Waals surface area contributed by atoms with Crippen molar-refractivity contribution in [3.8, 4) is 0 Å². The largest absolute Gasteiger partial charge is 0.378 e. The number of rotatable bonds is 2. The van der Waals surface area contributed by atoms with Crippen LogP contribution in [-0.4, -0.2) is 85.5 Å². The quantitative estimate of drug-likeness (QED) is 0.743. The molecule has 4 rings (SSSR count). The molecule has 3 heterocycles. The summed E-state index contributed by atoms with van der Waals surface area (Å²) >= 11 is 0. The zero-order chi connectivity index (χ0) is 18.1. The van der Waals surface area contributed by atoms with Crippen LogP contribution in [0.25, 0.3) is 0 Å². The minimum absolute atomic E-state index is 0.00480. The monoisotopic (exact) mass is 363 g/mol. The number of likely N-dealkylation sites (tertiary alicyclic amines) is 2. The highest BCUT2D eigenvalue weighted by Crippen LogP contribution is 2.43. The fraction of sp³-hybridized carbons (Fsp3) is 0.900. The molecule has 3 aliphatic heterocycles. The highest BCUT2D eigenvalue weighted by atomic mass is 16.5. The van der Waals surface area contributed by atoms with Crippen LogP contribution in [0.3, 0.4) is 0 Å². The standard InChI is InChI=1S/C20H33N3O3/c1-21-15-20(14-17(21)19(25)23-10-12-26-13-11-23)6-8-22(9-7-20)18(24)16-4-2-3-5-16/h16-17H,2-15H2,1H3. The van der Waals surface area contributed by atoms with E-state index in [1.807, 2.05) is 4.90 Å². The first-order valence-electron chi connectivity index (χ1n) is 10.4. The van der Waals surface area contributed by atoms with Gasteiger partial charge in [-0.3, -0.25) is 14.5 Å². The van der Waals surface area contributed by atoms with Crippen molar-refractivity contribution in [2.75, 3.05) is 53.0 Å². The van der Waals surface area contributed by atoms with Gasteiger partial charge in [-0.05, 0) is 44.6 Å². The Morgan fingerprint density at radius 1 is 0.923 bits per heavy atom. The molecule has 4 aliphatic rings. The van der Waals surface area contributed by atoms with Gasteiger partial charge in [0.1, 0.15) is 0 Å². The van der Waals surface area contributed by atoms with Gasteiger partial charge in [0.05, 0.1) is 19.3 Å². The Labute approximate surface area is 156 Å². The van der Waals surface area contributed by atoms with Crippen molar-refractivity contribution < 1.29 is 14.3 Å². The highest BCUT2D eigenvalue weighted by Gasteiger charge is 2.48. The number of nitrogens with zero attached hydrogens (tertiary/aromatic N) is 3. The molecule has 6 nitrogen and oxygen atoms in total. The van der Waals surface area contributed by atoms with E-state index < -0.39 is 0 Å². The van der Waals surface area contributed by atoms with E-state index in [2.05, 4.69) is 16.8 Å². The lowest BCUT2D eigenvalue weighted by Crippen LogP contribution is -2.48. The maximum Gasteiger partial charge on any atom is 0.240 e. The Balaban J connectivity index is 1.34. The molecule has 6 heteroatoms. The lowest BCUT2D eigenvalue weighted by molar-refractivity contribution is -0.140. The normalized spacial score (nSPS) is 30.3. The number of carbonyl (C=O) groups excluding carboxylic acids is 2. The van der Waals surface area contributed by atoms with Gasteiger partial charge < -0.3 is 14.5 Å². The molecule has 1 aliphatic carbocycles. The molecule has 2 amide bonds. The first kappa shape index (κ1) is 18.2. The second kappa shape index (κ2) is 7.47. The van der Waals surface area contributed by atoms with Crippen LogP contribution in [0.1, 0.15) is 44.9 Å². The van der Waals surface area contributed by atoms with Gasteiger partial charge in [-0.25, -0.2) is 0 Å². The van der Waals surface area contributed by atoms with Gasteiger partial charge in [-0.2, -0.15) is 0 Å². The van der Waals surface area contributed by atoms with Gasteiger partial charge in [0.15, 0.2) is 0 Å². The maximum atomic E-state index is 12.9. The van der Waals surface area contributed by atoms with Crippen LogP contribution >= 0.6 is 0 Å². The molecular weight excluding hydrogens is 330 g/mol. The molecule has 0 aromatic heterocycles. The molecule has 1 saturated carbocycles. The summed E-state index contributed by atoms with van der Waals surface area (Å²) in [5.74, 6) is 0.952. The van der Waals surface area contributed by atoms with Crippen LogP contribution in [0.2, 0.25) is 0 Å². The Bertz CT molecular complexity index is 532. The molecule has 0 aromatic carbocycles. The Kier molecular flexibility index (Phi) is 5.24. The fourth-order valence-electron chi connectivity index (χ4n) is 5.53. The summed E-state index contributed by atoms with van der Waals surface area (Å²) < 4.78 is 5.38. The summed E-state index contributed by atoms with van der Waals surface area (Å²) in [6, 6.07) is 0.00480. The van der Waals surface area contributed by atoms with Crippen LogP contribution in [0.15, 0.2) is 0 Å². The van der Waals surface area contributed by atoms with E-state index >= 15 is 0 Å². The van der Waals surface area contributed by atoms with Gasteiger partial charge in [0.25, 0.3) is 0 Å². The number of carbonyl (C=O) groups is 2. The SMILES string of the molecule is CN1CC2(CCN(C(=O)C3CCCC3)CC2)CC1C(=O)N1CCOCC1. The second-order valence-corrected chi connectivity index (χ2v) is 8.88. The van der Waals surface area contributed by atoms with Gasteiger partial charge in [0.2, 0.25) is 11.8 Å². The average Bonchev–Trinajstić information content (AvgIpc) is 3.31. The molecule has 1 spiro atoms. The first-order chi connectivity index (χ1) is 12.6. The Morgan fingerprint density at radius 2 is 1.54 bits per heavy atom. The van der Waals surface area contributed by atoms with Crippen molar-refractivity contribution in [3.05, 3.63) is 0 Å². The van der Waals surface area contributed by atoms with Gasteiger partial charge in [-0.15, -0.1) is 0 Å². The van der Waals surface area contributed by atoms with Crippen molar-refractivity contribution in [3.63, 3.8) is 0 Å². The van der Waals surface area contributed by atoms with Gasteiger partial charge >= 0.3 is 0 Å². The molecule has 1 atom stereocenters. The molecule has 26 heavy (non-hydrogen) atoms. The zero-order valence-electron chi connectivity index (χ0n) is 16.1. The first-order valence-corrected chi connectivity index (χ1v) is 10.4. The maximum absolute atomic E-state index is 12.9. The van der Waals surface area contributed by atoms with Crippen molar-refractivity contribution in [2.45, 2.75) is 51.0 Å². The van der Waals surface area contributed by atoms with Crippen LogP contribution in [-0.2, 0) is 14.3 Å². The summed E-state index contributed by atoms with van der Waals surface area (Å²) in [5, 5.41) is 0. The van der Waals surface area contributed by atoms with E-state index in [0.717, 1.165) is 64.8 Å². The summed E-state index contributed by atoms with van der Waals surface area (Å²) in [7, 11) is 2.09. The minimum Gasteiger partial charge on any atom is -0.378 e. The molecule has 1 unspecified atom stereocenters. The highest BCUT2D eigenvalue weighted by molar-refractivity contribution is 5.82. The predicted molar refractivity (Wildman–Crippen MR) is 98.6 cm³/mol. The van der Waals surface area contributed by atoms with E-state index in [9.17, 15) is 9.59 Å². The van der Waals surface area contributed by atoms with Crippen molar-refractivity contribution >= 4 is 11.8 Å². The minimum atomic E-state index is 0.00480. The third-order valence-corrected chi connectivity index (χ3v) is 7.19. The van der Waals surface area contributed by atoms with Crippen LogP contribution in [0.4, 0.5) is 0 Å². The number of hydrogen-bond donors (Lipinski definition) is 0. The lowest BCUT2D eigenvalue weighted by Gasteiger charge is -2.40. The van der Waals surface area contributed by atoms with Crippen molar-refractivity contribution in [2.24, 2.45) is 11.3 Å². The fourth-order valence-corrected chi connectivity index (χ4v) is 5.53. The lowest BCUT2D eigenvalue weighted by atomic mass is 9.76. The van der Waals surface area contributed by atoms with Crippen LogP contribution in [0.5, 0.6) is 0 Å². The Morgan fingerprint density at radius 3 is 2.19 bits per heavy atom. The zero-order valence-corrected chi connectivity index (χ0v) is 16.1. The number of amides is 2. The van der Waals surface area contributed by atoms with E-state index in [1.165, 1.54) is 12.8 Å². The molecule has 146 valence electrons. The number of ether oxygens (including phenoxy) is 1. The third-order valence-electron chi connectivity index (χ3n) is 7.19. The summed E-state index contributed by atoms with van der Waals surface area (Å²) in [4.78, 5) is 32.0. The third kappa shape index (κ3) is 3.50. The Hall–Kier alpha value is -1.14. The van der Waals surface area contributed by atoms with E-state index in [1.54, 1.807) is 0 Å². The molecule has 0 N–H and O–H groups in total. The molecule has 0 radical (unpaired) electrons. The van der Waals surface area contributed by atoms with Gasteiger partial charge in [-0.1, -0.05) is 12.8 Å². The van der Waals surface area contributed by atoms with E-state index in [-0.39, 0.29) is 23.3 Å². The smallest absolute Gasteiger partial charge is 0.240 e. The van der Waals surface area contributed by atoms with Crippen LogP contribution < -0.4 is 0 Å². The van der Waals surface area contributed by atoms with Crippen molar-refractivity contribution in [1.29, 1.82) is 0 Å². The van der Waals surface area contributed by atoms with Crippen molar-refractivity contribution in [1.82, 2.24) is 14.7 Å². The second-order valence-electron chi connectivity index (χ2n) is 8.88.